The van der Waals surface area contributed by atoms with E-state index in [4.69, 9.17) is 11.5 Å². The van der Waals surface area contributed by atoms with Crippen LogP contribution in [-0.4, -0.2) is 21.1 Å². The Morgan fingerprint density at radius 1 is 0.500 bits per heavy atom. The molecule has 0 aliphatic heterocycles. The predicted molar refractivity (Wildman–Crippen MR) is 164 cm³/mol. The van der Waals surface area contributed by atoms with Crippen LogP contribution in [0.3, 0.4) is 0 Å². The topological polar surface area (TPSA) is 126 Å². The molecule has 0 aromatic heterocycles. The Hall–Kier alpha value is -5.28. The second-order valence-electron chi connectivity index (χ2n) is 10.1. The highest BCUT2D eigenvalue weighted by Gasteiger charge is 2.13. The van der Waals surface area contributed by atoms with E-state index in [1.165, 1.54) is 0 Å². The Balaban J connectivity index is 1.48. The minimum Gasteiger partial charge on any atom is -0.397 e. The second kappa shape index (κ2) is 11.2. The Morgan fingerprint density at radius 2 is 1.05 bits per heavy atom. The third-order valence-electron chi connectivity index (χ3n) is 6.27. The summed E-state index contributed by atoms with van der Waals surface area (Å²) in [6.45, 7) is 0. The zero-order chi connectivity index (χ0) is 28.1. The smallest absolute Gasteiger partial charge is 0.138 e. The van der Waals surface area contributed by atoms with Gasteiger partial charge in [-0.1, -0.05) is 48.5 Å². The number of azo groups is 3. The molecule has 5 aromatic rings. The van der Waals surface area contributed by atoms with Gasteiger partial charge in [0.1, 0.15) is 17.1 Å². The molecule has 0 saturated carbocycles. The van der Waals surface area contributed by atoms with Crippen LogP contribution in [0.1, 0.15) is 0 Å². The van der Waals surface area contributed by atoms with E-state index in [1.54, 1.807) is 12.1 Å². The highest BCUT2D eigenvalue weighted by Crippen LogP contribution is 2.41. The second-order valence-corrected chi connectivity index (χ2v) is 10.1. The number of nitrogens with two attached hydrogens (primary N) is 2. The van der Waals surface area contributed by atoms with E-state index >= 15 is 0 Å². The van der Waals surface area contributed by atoms with Crippen LogP contribution in [0.2, 0.25) is 0 Å². The number of hydrogen-bond donors (Lipinski definition) is 2. The minimum absolute atomic E-state index is 0.297. The quantitative estimate of drug-likeness (QED) is 0.124. The first kappa shape index (κ1) is 26.3. The van der Waals surface area contributed by atoms with E-state index in [1.807, 2.05) is 84.9 Å². The summed E-state index contributed by atoms with van der Waals surface area (Å²) in [6, 6.07) is 32.5. The summed E-state index contributed by atoms with van der Waals surface area (Å²) in [5.41, 5.74) is 17.8. The van der Waals surface area contributed by atoms with E-state index in [2.05, 4.69) is 57.9 Å². The van der Waals surface area contributed by atoms with Crippen molar-refractivity contribution in [3.05, 3.63) is 103 Å². The van der Waals surface area contributed by atoms with Gasteiger partial charge < -0.3 is 11.5 Å². The third kappa shape index (κ3) is 5.90. The monoisotopic (exact) mass is 528 g/mol. The molecular formula is C31H30N9+. The van der Waals surface area contributed by atoms with Crippen molar-refractivity contribution >= 4 is 62.0 Å². The molecule has 0 bridgehead atoms. The summed E-state index contributed by atoms with van der Waals surface area (Å²) in [4.78, 5) is 0. The first-order chi connectivity index (χ1) is 19.3. The molecule has 5 aromatic carbocycles. The Labute approximate surface area is 232 Å². The van der Waals surface area contributed by atoms with Gasteiger partial charge in [-0.15, -0.1) is 20.5 Å². The predicted octanol–water partition coefficient (Wildman–Crippen LogP) is 9.45. The lowest BCUT2D eigenvalue weighted by atomic mass is 10.1. The molecule has 0 fully saturated rings. The Bertz CT molecular complexity index is 1750. The van der Waals surface area contributed by atoms with Gasteiger partial charge in [0.05, 0.1) is 55.3 Å². The number of fused-ring (bicyclic) bond motifs is 1. The van der Waals surface area contributed by atoms with Crippen molar-refractivity contribution in [1.29, 1.82) is 0 Å². The van der Waals surface area contributed by atoms with E-state index in [-0.39, 0.29) is 0 Å². The van der Waals surface area contributed by atoms with Crippen molar-refractivity contribution in [2.45, 2.75) is 0 Å². The fraction of sp³-hybridized carbons (Fsp3) is 0.0968. The molecule has 198 valence electrons. The van der Waals surface area contributed by atoms with Gasteiger partial charge in [-0.25, -0.2) is 0 Å². The average molecular weight is 529 g/mol. The summed E-state index contributed by atoms with van der Waals surface area (Å²) in [7, 11) is 6.35. The lowest BCUT2D eigenvalue weighted by Gasteiger charge is -2.23. The number of rotatable bonds is 7. The van der Waals surface area contributed by atoms with E-state index < -0.39 is 0 Å². The van der Waals surface area contributed by atoms with Crippen LogP contribution in [-0.2, 0) is 0 Å². The molecule has 40 heavy (non-hydrogen) atoms. The molecule has 9 heteroatoms. The van der Waals surface area contributed by atoms with Gasteiger partial charge in [0.15, 0.2) is 0 Å². The van der Waals surface area contributed by atoms with Crippen molar-refractivity contribution in [3.63, 3.8) is 0 Å². The fourth-order valence-electron chi connectivity index (χ4n) is 4.03. The van der Waals surface area contributed by atoms with Gasteiger partial charge in [0.25, 0.3) is 0 Å². The number of quaternary nitrogens is 1. The summed E-state index contributed by atoms with van der Waals surface area (Å²) < 4.78 is 0.695. The van der Waals surface area contributed by atoms with Crippen molar-refractivity contribution in [2.24, 2.45) is 30.7 Å². The number of nitrogen functional groups attached to an aromatic ring is 2. The highest BCUT2D eigenvalue weighted by atomic mass is 15.3. The fourth-order valence-corrected chi connectivity index (χ4v) is 4.03. The molecular weight excluding hydrogens is 498 g/mol. The van der Waals surface area contributed by atoms with Crippen molar-refractivity contribution in [2.75, 3.05) is 32.6 Å². The maximum atomic E-state index is 6.24. The number of anilines is 2. The first-order valence-corrected chi connectivity index (χ1v) is 12.7. The van der Waals surface area contributed by atoms with Crippen LogP contribution in [0.5, 0.6) is 0 Å². The zero-order valence-electron chi connectivity index (χ0n) is 22.6. The maximum Gasteiger partial charge on any atom is 0.138 e. The zero-order valence-corrected chi connectivity index (χ0v) is 22.6. The number of benzene rings is 5. The minimum atomic E-state index is 0.297. The SMILES string of the molecule is C[N+](C)(C)c1cccc(N=Nc2ccc(N=Nc3ccc(N)c(N)c3N=Nc3ccccc3)c3ccccc23)c1. The van der Waals surface area contributed by atoms with Gasteiger partial charge in [-0.05, 0) is 48.5 Å². The Morgan fingerprint density at radius 3 is 1.73 bits per heavy atom. The third-order valence-corrected chi connectivity index (χ3v) is 6.27. The summed E-state index contributed by atoms with van der Waals surface area (Å²) in [5.74, 6) is 0. The summed E-state index contributed by atoms with van der Waals surface area (Å²) in [5, 5.41) is 28.5. The van der Waals surface area contributed by atoms with E-state index in [9.17, 15) is 0 Å². The van der Waals surface area contributed by atoms with Gasteiger partial charge >= 0.3 is 0 Å². The van der Waals surface area contributed by atoms with Crippen LogP contribution in [0.15, 0.2) is 134 Å². The van der Waals surface area contributed by atoms with E-state index in [0.717, 1.165) is 27.8 Å². The van der Waals surface area contributed by atoms with Crippen molar-refractivity contribution < 1.29 is 0 Å². The van der Waals surface area contributed by atoms with Crippen LogP contribution in [0, 0.1) is 0 Å². The van der Waals surface area contributed by atoms with Crippen LogP contribution in [0.4, 0.5) is 51.2 Å². The molecule has 0 aliphatic carbocycles. The summed E-state index contributed by atoms with van der Waals surface area (Å²) >= 11 is 0. The van der Waals surface area contributed by atoms with Gasteiger partial charge in [0, 0.05) is 16.8 Å². The average Bonchev–Trinajstić information content (AvgIpc) is 2.96. The highest BCUT2D eigenvalue weighted by molar-refractivity contribution is 5.99. The van der Waals surface area contributed by atoms with Crippen LogP contribution >= 0.6 is 0 Å². The van der Waals surface area contributed by atoms with Gasteiger partial charge in [0.2, 0.25) is 0 Å². The van der Waals surface area contributed by atoms with E-state index in [0.29, 0.717) is 38.6 Å². The number of hydrogen-bond acceptors (Lipinski definition) is 8. The molecule has 4 N–H and O–H groups in total. The van der Waals surface area contributed by atoms with Crippen LogP contribution in [0.25, 0.3) is 10.8 Å². The number of nitrogens with zero attached hydrogens (tertiary/aromatic N) is 7. The van der Waals surface area contributed by atoms with Crippen LogP contribution < -0.4 is 16.0 Å². The molecule has 9 nitrogen and oxygen atoms in total. The lowest BCUT2D eigenvalue weighted by molar-refractivity contribution is 0.486. The first-order valence-electron chi connectivity index (χ1n) is 12.7. The normalized spacial score (nSPS) is 12.3. The molecule has 0 heterocycles. The molecule has 0 atom stereocenters. The summed E-state index contributed by atoms with van der Waals surface area (Å²) in [6.07, 6.45) is 0. The molecule has 0 radical (unpaired) electrons. The molecule has 0 unspecified atom stereocenters. The molecule has 5 rings (SSSR count). The molecule has 0 aliphatic rings. The molecule has 0 amide bonds. The molecule has 0 spiro atoms. The largest absolute Gasteiger partial charge is 0.397 e. The van der Waals surface area contributed by atoms with Gasteiger partial charge in [-0.2, -0.15) is 10.2 Å². The Kier molecular flexibility index (Phi) is 7.39. The van der Waals surface area contributed by atoms with Crippen molar-refractivity contribution in [1.82, 2.24) is 4.48 Å². The lowest BCUT2D eigenvalue weighted by Crippen LogP contribution is -2.34. The maximum absolute atomic E-state index is 6.24. The molecule has 0 saturated heterocycles. The van der Waals surface area contributed by atoms with Gasteiger partial charge in [-0.3, -0.25) is 4.48 Å². The van der Waals surface area contributed by atoms with Crippen molar-refractivity contribution in [3.8, 4) is 0 Å². The standard InChI is InChI=1S/C31H30N9/c1-40(2,3)23-13-9-12-22(20-23)35-36-27-18-19-28(25-15-8-7-14-24(25)27)37-38-29-17-16-26(32)30(33)31(29)39-34-21-10-5-4-6-11-21/h4-20H,32-33H2,1-3H3/q+1.